The van der Waals surface area contributed by atoms with Crippen molar-refractivity contribution in [2.45, 2.75) is 69.4 Å². The molecule has 14 heteroatoms. The lowest BCUT2D eigenvalue weighted by Crippen LogP contribution is -2.52. The highest BCUT2D eigenvalue weighted by Crippen LogP contribution is 2.52. The summed E-state index contributed by atoms with van der Waals surface area (Å²) in [6, 6.07) is 2.73. The molecule has 0 spiro atoms. The maximum Gasteiger partial charge on any atom is 0.332 e. The molecule has 1 saturated heterocycles. The number of aliphatic hydroxyl groups excluding tert-OH is 1. The molecular weight excluding hydrogens is 552 g/mol. The maximum absolute atomic E-state index is 13.8. The van der Waals surface area contributed by atoms with Crippen molar-refractivity contribution >= 4 is 23.3 Å². The fraction of sp³-hybridized carbons (Fsp3) is 0.429. The molecule has 3 aliphatic rings. The molecule has 2 amide bonds. The zero-order valence-electron chi connectivity index (χ0n) is 23.1. The molecule has 1 heterocycles. The highest BCUT2D eigenvalue weighted by Gasteiger charge is 2.49. The van der Waals surface area contributed by atoms with E-state index in [2.05, 4.69) is 5.10 Å². The summed E-state index contributed by atoms with van der Waals surface area (Å²) >= 11 is 0. The van der Waals surface area contributed by atoms with Gasteiger partial charge >= 0.3 is 6.03 Å². The van der Waals surface area contributed by atoms with Gasteiger partial charge in [0.05, 0.1) is 47.8 Å². The highest BCUT2D eigenvalue weighted by atomic mass is 16.7. The minimum Gasteiger partial charge on any atom is -0.507 e. The number of phenolic OH excluding ortho intramolecular Hbond substituents is 2. The number of nitrogens with zero attached hydrogens (tertiary/aromatic N) is 1. The molecule has 6 atom stereocenters. The lowest BCUT2D eigenvalue weighted by atomic mass is 9.72. The van der Waals surface area contributed by atoms with E-state index < -0.39 is 76.5 Å². The van der Waals surface area contributed by atoms with Crippen LogP contribution in [0.5, 0.6) is 17.2 Å². The first kappa shape index (κ1) is 29.4. The average molecular weight is 585 g/mol. The number of urea groups is 1. The summed E-state index contributed by atoms with van der Waals surface area (Å²) in [7, 11) is 1.33. The Bertz CT molecular complexity index is 1510. The Hall–Kier alpha value is -4.08. The number of carbonyl (C=O) groups is 3. The largest absolute Gasteiger partial charge is 0.507 e. The number of amides is 2. The second-order valence-corrected chi connectivity index (χ2v) is 10.8. The van der Waals surface area contributed by atoms with Crippen molar-refractivity contribution in [2.75, 3.05) is 7.11 Å². The lowest BCUT2D eigenvalue weighted by molar-refractivity contribution is -0.245. The fourth-order valence-electron chi connectivity index (χ4n) is 5.91. The lowest BCUT2D eigenvalue weighted by Gasteiger charge is -2.42. The molecule has 2 aromatic rings. The molecule has 0 saturated carbocycles. The Morgan fingerprint density at radius 2 is 1.86 bits per heavy atom. The first-order chi connectivity index (χ1) is 19.8. The number of ether oxygens (including phenoxy) is 3. The number of benzene rings is 2. The van der Waals surface area contributed by atoms with Gasteiger partial charge in [0.25, 0.3) is 0 Å². The van der Waals surface area contributed by atoms with E-state index in [1.54, 1.807) is 6.92 Å². The number of phenols is 2. The van der Waals surface area contributed by atoms with Crippen LogP contribution in [0.15, 0.2) is 23.3 Å². The number of primary amides is 1. The number of aliphatic hydroxyl groups is 2. The number of hydrazone groups is 1. The smallest absolute Gasteiger partial charge is 0.332 e. The second kappa shape index (κ2) is 10.6. The Kier molecular flexibility index (Phi) is 7.45. The predicted octanol–water partition coefficient (Wildman–Crippen LogP) is 0.484. The maximum atomic E-state index is 13.8. The van der Waals surface area contributed by atoms with Crippen molar-refractivity contribution < 1.29 is 49.0 Å². The molecule has 42 heavy (non-hydrogen) atoms. The molecule has 0 aromatic heterocycles. The topological polar surface area (TPSA) is 236 Å². The van der Waals surface area contributed by atoms with Crippen molar-refractivity contribution in [1.82, 2.24) is 5.43 Å². The van der Waals surface area contributed by atoms with Crippen molar-refractivity contribution in [1.29, 1.82) is 0 Å². The van der Waals surface area contributed by atoms with Crippen LogP contribution < -0.4 is 21.6 Å². The molecule has 0 radical (unpaired) electrons. The van der Waals surface area contributed by atoms with Gasteiger partial charge in [-0.3, -0.25) is 9.59 Å². The van der Waals surface area contributed by atoms with E-state index in [1.165, 1.54) is 32.2 Å². The molecule has 5 rings (SSSR count). The van der Waals surface area contributed by atoms with Gasteiger partial charge in [-0.1, -0.05) is 12.1 Å². The number of nitrogens with two attached hydrogens (primary N) is 2. The number of nitrogens with one attached hydrogen (secondary N) is 1. The Morgan fingerprint density at radius 1 is 1.17 bits per heavy atom. The SMILES string of the molecule is COc1cccc2c1C(=O)c1c(O)c3c(c(O)c1C2=O)C[C@@](O)(/C(C)=N\NC(N)=O)C[C@H]3O[C@H]1C[C@@H](N)[C@@H](O)[C@H](C)O1. The van der Waals surface area contributed by atoms with Crippen LogP contribution in [-0.2, 0) is 15.9 Å². The van der Waals surface area contributed by atoms with E-state index in [0.29, 0.717) is 0 Å². The number of methoxy groups -OCH3 is 1. The van der Waals surface area contributed by atoms with Crippen LogP contribution in [-0.4, -0.2) is 81.0 Å². The van der Waals surface area contributed by atoms with Gasteiger partial charge in [-0.25, -0.2) is 10.2 Å². The van der Waals surface area contributed by atoms with E-state index in [-0.39, 0.29) is 53.0 Å². The summed E-state index contributed by atoms with van der Waals surface area (Å²) < 4.78 is 17.3. The van der Waals surface area contributed by atoms with E-state index in [1.807, 2.05) is 5.43 Å². The molecule has 14 nitrogen and oxygen atoms in total. The van der Waals surface area contributed by atoms with Gasteiger partial charge in [-0.2, -0.15) is 5.10 Å². The van der Waals surface area contributed by atoms with Gasteiger partial charge in [0.15, 0.2) is 12.1 Å². The number of carbonyl (C=O) groups excluding carboxylic acids is 3. The number of aromatic hydroxyl groups is 2. The Morgan fingerprint density at radius 3 is 2.50 bits per heavy atom. The van der Waals surface area contributed by atoms with Crippen molar-refractivity contribution in [3.05, 3.63) is 51.6 Å². The Balaban J connectivity index is 1.68. The van der Waals surface area contributed by atoms with Crippen LogP contribution in [0.3, 0.4) is 0 Å². The molecule has 1 fully saturated rings. The van der Waals surface area contributed by atoms with Gasteiger partial charge < -0.3 is 46.1 Å². The third-order valence-electron chi connectivity index (χ3n) is 8.15. The summed E-state index contributed by atoms with van der Waals surface area (Å²) in [6.45, 7) is 3.02. The molecule has 224 valence electrons. The minimum absolute atomic E-state index is 0.0142. The number of rotatable bonds is 5. The zero-order valence-corrected chi connectivity index (χ0v) is 23.1. The van der Waals surface area contributed by atoms with Crippen LogP contribution in [0.4, 0.5) is 4.79 Å². The van der Waals surface area contributed by atoms with E-state index in [0.717, 1.165) is 0 Å². The van der Waals surface area contributed by atoms with Crippen molar-refractivity contribution in [3.8, 4) is 17.2 Å². The zero-order chi connectivity index (χ0) is 30.7. The first-order valence-corrected chi connectivity index (χ1v) is 13.2. The summed E-state index contributed by atoms with van der Waals surface area (Å²) in [4.78, 5) is 38.7. The quantitative estimate of drug-likeness (QED) is 0.124. The molecule has 2 aromatic carbocycles. The van der Waals surface area contributed by atoms with Gasteiger partial charge in [-0.05, 0) is 19.9 Å². The summed E-state index contributed by atoms with van der Waals surface area (Å²) in [5.41, 5.74) is 10.3. The third kappa shape index (κ3) is 4.66. The normalized spacial score (nSPS) is 28.9. The molecule has 1 aliphatic heterocycles. The monoisotopic (exact) mass is 584 g/mol. The van der Waals surface area contributed by atoms with Crippen LogP contribution in [0, 0.1) is 0 Å². The average Bonchev–Trinajstić information content (AvgIpc) is 2.94. The summed E-state index contributed by atoms with van der Waals surface area (Å²) in [5, 5.41) is 48.9. The standard InChI is InChI=1S/C28H32N4O10/c1-10-22(33)14(29)7-17(41-10)42-16-9-28(39,11(2)31-32-27(30)38)8-13-19(16)26(37)21-20(24(13)35)23(34)12-5-4-6-15(40-3)18(12)25(21)36/h4-6,10,14,16-17,22,33,35,37,39H,7-9,29H2,1-3H3,(H3,30,32,38)/b31-11-/t10-,14+,16+,17-,22-,28-/m0/s1. The van der Waals surface area contributed by atoms with E-state index in [9.17, 15) is 34.8 Å². The first-order valence-electron chi connectivity index (χ1n) is 13.2. The van der Waals surface area contributed by atoms with Crippen LogP contribution in [0.2, 0.25) is 0 Å². The summed E-state index contributed by atoms with van der Waals surface area (Å²) in [5.74, 6) is -2.61. The van der Waals surface area contributed by atoms with E-state index >= 15 is 0 Å². The molecular formula is C28H32N4O10. The highest BCUT2D eigenvalue weighted by molar-refractivity contribution is 6.31. The summed E-state index contributed by atoms with van der Waals surface area (Å²) in [6.07, 6.45) is -4.54. The Labute approximate surface area is 239 Å². The molecule has 0 unspecified atom stereocenters. The van der Waals surface area contributed by atoms with Gasteiger partial charge in [0, 0.05) is 42.0 Å². The van der Waals surface area contributed by atoms with Crippen LogP contribution in [0.25, 0.3) is 0 Å². The minimum atomic E-state index is -1.89. The number of hydrogen-bond donors (Lipinski definition) is 7. The predicted molar refractivity (Wildman–Crippen MR) is 145 cm³/mol. The van der Waals surface area contributed by atoms with Crippen molar-refractivity contribution in [3.63, 3.8) is 0 Å². The van der Waals surface area contributed by atoms with Crippen LogP contribution in [0.1, 0.15) is 75.8 Å². The number of hydrogen-bond acceptors (Lipinski definition) is 12. The van der Waals surface area contributed by atoms with Crippen molar-refractivity contribution in [2.24, 2.45) is 16.6 Å². The van der Waals surface area contributed by atoms with Gasteiger partial charge in [0.1, 0.15) is 22.8 Å². The van der Waals surface area contributed by atoms with Gasteiger partial charge in [0.2, 0.25) is 5.78 Å². The van der Waals surface area contributed by atoms with E-state index in [4.69, 9.17) is 25.7 Å². The van der Waals surface area contributed by atoms with Gasteiger partial charge in [-0.15, -0.1) is 0 Å². The third-order valence-corrected chi connectivity index (χ3v) is 8.15. The molecule has 0 bridgehead atoms. The fourth-order valence-corrected chi connectivity index (χ4v) is 5.91. The van der Waals surface area contributed by atoms with Crippen LogP contribution >= 0.6 is 0 Å². The second-order valence-electron chi connectivity index (χ2n) is 10.8. The number of fused-ring (bicyclic) bond motifs is 3. The molecule has 2 aliphatic carbocycles. The number of ketones is 2. The molecule has 9 N–H and O–H groups in total.